The third-order valence-electron chi connectivity index (χ3n) is 2.12. The highest BCUT2D eigenvalue weighted by molar-refractivity contribution is 5.66. The molecule has 0 unspecified atom stereocenters. The van der Waals surface area contributed by atoms with Crippen LogP contribution in [-0.4, -0.2) is 29.8 Å². The number of nitrogens with one attached hydrogen (secondary N) is 1. The van der Waals surface area contributed by atoms with Crippen molar-refractivity contribution in [2.75, 3.05) is 5.73 Å². The van der Waals surface area contributed by atoms with Crippen LogP contribution in [-0.2, 0) is 0 Å². The summed E-state index contributed by atoms with van der Waals surface area (Å²) in [5, 5.41) is 10.7. The molecule has 3 aromatic heterocycles. The zero-order chi connectivity index (χ0) is 10.3. The van der Waals surface area contributed by atoms with Crippen molar-refractivity contribution in [3.63, 3.8) is 0 Å². The maximum Gasteiger partial charge on any atom is 0.198 e. The molecule has 0 atom stereocenters. The minimum Gasteiger partial charge on any atom is -0.381 e. The van der Waals surface area contributed by atoms with Gasteiger partial charge in [0.05, 0.1) is 18.1 Å². The predicted octanol–water partition coefficient (Wildman–Crippen LogP) is 0.0966. The lowest BCUT2D eigenvalue weighted by atomic mass is 10.3. The van der Waals surface area contributed by atoms with E-state index >= 15 is 0 Å². The van der Waals surface area contributed by atoms with E-state index < -0.39 is 0 Å². The number of nitrogen functional groups attached to an aromatic ring is 1. The van der Waals surface area contributed by atoms with E-state index in [1.165, 1.54) is 6.33 Å². The number of aromatic amines is 1. The molecule has 0 aromatic carbocycles. The van der Waals surface area contributed by atoms with Crippen LogP contribution in [0, 0.1) is 0 Å². The summed E-state index contributed by atoms with van der Waals surface area (Å²) in [6.45, 7) is 0. The van der Waals surface area contributed by atoms with Gasteiger partial charge in [-0.1, -0.05) is 0 Å². The van der Waals surface area contributed by atoms with E-state index in [1.54, 1.807) is 23.1 Å². The largest absolute Gasteiger partial charge is 0.381 e. The van der Waals surface area contributed by atoms with E-state index in [2.05, 4.69) is 25.3 Å². The van der Waals surface area contributed by atoms with Crippen LogP contribution in [0.3, 0.4) is 0 Å². The molecule has 74 valence electrons. The first kappa shape index (κ1) is 7.92. The minimum absolute atomic E-state index is 0.361. The first-order valence-electron chi connectivity index (χ1n) is 4.29. The summed E-state index contributed by atoms with van der Waals surface area (Å²) in [4.78, 5) is 8.07. The lowest BCUT2D eigenvalue weighted by molar-refractivity contribution is 0.958. The lowest BCUT2D eigenvalue weighted by Crippen LogP contribution is -2.00. The Labute approximate surface area is 84.0 Å². The number of anilines is 1. The fourth-order valence-corrected chi connectivity index (χ4v) is 1.42. The van der Waals surface area contributed by atoms with Gasteiger partial charge in [0.15, 0.2) is 11.5 Å². The Morgan fingerprint density at radius 1 is 1.27 bits per heavy atom. The van der Waals surface area contributed by atoms with Gasteiger partial charge in [-0.05, 0) is 0 Å². The molecule has 0 spiro atoms. The van der Waals surface area contributed by atoms with Gasteiger partial charge in [-0.25, -0.2) is 14.5 Å². The van der Waals surface area contributed by atoms with Crippen molar-refractivity contribution in [3.8, 4) is 11.3 Å². The first-order chi connectivity index (χ1) is 7.36. The molecule has 0 saturated heterocycles. The Balaban J connectivity index is 2.37. The van der Waals surface area contributed by atoms with E-state index in [0.717, 1.165) is 11.3 Å². The Kier molecular flexibility index (Phi) is 1.46. The normalized spacial score (nSPS) is 10.9. The number of aromatic nitrogens is 6. The van der Waals surface area contributed by atoms with E-state index in [9.17, 15) is 0 Å². The molecular formula is C8H7N7. The Morgan fingerprint density at radius 2 is 2.20 bits per heavy atom. The standard InChI is InChI=1S/C8H7N7/c9-7-8-11-4-14-15(8)6(3-10-7)5-1-12-13-2-5/h1-4H,(H2,9,10)(H,12,13). The second kappa shape index (κ2) is 2.77. The highest BCUT2D eigenvalue weighted by atomic mass is 15.3. The summed E-state index contributed by atoms with van der Waals surface area (Å²) in [5.74, 6) is 0.361. The minimum atomic E-state index is 0.361. The van der Waals surface area contributed by atoms with E-state index in [-0.39, 0.29) is 0 Å². The third-order valence-corrected chi connectivity index (χ3v) is 2.12. The van der Waals surface area contributed by atoms with Crippen molar-refractivity contribution in [1.82, 2.24) is 29.8 Å². The van der Waals surface area contributed by atoms with Crippen LogP contribution in [0.2, 0.25) is 0 Å². The number of H-pyrrole nitrogens is 1. The Morgan fingerprint density at radius 3 is 3.00 bits per heavy atom. The summed E-state index contributed by atoms with van der Waals surface area (Å²) in [6.07, 6.45) is 6.53. The van der Waals surface area contributed by atoms with Crippen LogP contribution in [0.5, 0.6) is 0 Å². The second-order valence-corrected chi connectivity index (χ2v) is 3.01. The van der Waals surface area contributed by atoms with Gasteiger partial charge in [0.25, 0.3) is 0 Å². The van der Waals surface area contributed by atoms with Gasteiger partial charge < -0.3 is 5.73 Å². The summed E-state index contributed by atoms with van der Waals surface area (Å²) in [7, 11) is 0. The molecular weight excluding hydrogens is 194 g/mol. The maximum absolute atomic E-state index is 5.67. The molecule has 0 aliphatic heterocycles. The molecule has 0 saturated carbocycles. The molecule has 3 heterocycles. The summed E-state index contributed by atoms with van der Waals surface area (Å²) >= 11 is 0. The fourth-order valence-electron chi connectivity index (χ4n) is 1.42. The van der Waals surface area contributed by atoms with Crippen molar-refractivity contribution >= 4 is 11.5 Å². The molecule has 0 radical (unpaired) electrons. The van der Waals surface area contributed by atoms with Crippen LogP contribution >= 0.6 is 0 Å². The molecule has 7 nitrogen and oxygen atoms in total. The monoisotopic (exact) mass is 201 g/mol. The summed E-state index contributed by atoms with van der Waals surface area (Å²) < 4.78 is 1.63. The number of rotatable bonds is 1. The summed E-state index contributed by atoms with van der Waals surface area (Å²) in [5.41, 5.74) is 7.90. The van der Waals surface area contributed by atoms with Crippen LogP contribution in [0.15, 0.2) is 24.9 Å². The van der Waals surface area contributed by atoms with Gasteiger partial charge in [0.1, 0.15) is 6.33 Å². The molecule has 0 aliphatic carbocycles. The molecule has 7 heteroatoms. The number of fused-ring (bicyclic) bond motifs is 1. The number of nitrogens with two attached hydrogens (primary N) is 1. The number of hydrogen-bond donors (Lipinski definition) is 2. The van der Waals surface area contributed by atoms with Crippen molar-refractivity contribution < 1.29 is 0 Å². The quantitative estimate of drug-likeness (QED) is 0.581. The van der Waals surface area contributed by atoms with Gasteiger partial charge in [-0.15, -0.1) is 0 Å². The topological polar surface area (TPSA) is 97.8 Å². The van der Waals surface area contributed by atoms with Gasteiger partial charge in [0.2, 0.25) is 0 Å². The second-order valence-electron chi connectivity index (χ2n) is 3.01. The van der Waals surface area contributed by atoms with Crippen molar-refractivity contribution in [2.24, 2.45) is 0 Å². The van der Waals surface area contributed by atoms with Gasteiger partial charge in [-0.3, -0.25) is 5.10 Å². The zero-order valence-electron chi connectivity index (χ0n) is 7.62. The van der Waals surface area contributed by atoms with Crippen LogP contribution < -0.4 is 5.73 Å². The third kappa shape index (κ3) is 1.06. The van der Waals surface area contributed by atoms with E-state index in [1.807, 2.05) is 0 Å². The lowest BCUT2D eigenvalue weighted by Gasteiger charge is -2.01. The maximum atomic E-state index is 5.67. The fraction of sp³-hybridized carbons (Fsp3) is 0. The number of nitrogens with zero attached hydrogens (tertiary/aromatic N) is 5. The van der Waals surface area contributed by atoms with Crippen LogP contribution in [0.25, 0.3) is 16.9 Å². The smallest absolute Gasteiger partial charge is 0.198 e. The van der Waals surface area contributed by atoms with E-state index in [0.29, 0.717) is 11.5 Å². The highest BCUT2D eigenvalue weighted by Gasteiger charge is 2.09. The SMILES string of the molecule is Nc1ncc(-c2cn[nH]c2)n2ncnc12. The summed E-state index contributed by atoms with van der Waals surface area (Å²) in [6, 6.07) is 0. The molecule has 0 aliphatic rings. The Bertz CT molecular complexity index is 595. The highest BCUT2D eigenvalue weighted by Crippen LogP contribution is 2.18. The van der Waals surface area contributed by atoms with E-state index in [4.69, 9.17) is 5.73 Å². The molecule has 0 fully saturated rings. The van der Waals surface area contributed by atoms with Gasteiger partial charge >= 0.3 is 0 Å². The van der Waals surface area contributed by atoms with Crippen molar-refractivity contribution in [3.05, 3.63) is 24.9 Å². The van der Waals surface area contributed by atoms with Crippen molar-refractivity contribution in [1.29, 1.82) is 0 Å². The Hall–Kier alpha value is -2.44. The molecule has 0 bridgehead atoms. The van der Waals surface area contributed by atoms with Crippen LogP contribution in [0.1, 0.15) is 0 Å². The molecule has 3 rings (SSSR count). The zero-order valence-corrected chi connectivity index (χ0v) is 7.62. The van der Waals surface area contributed by atoms with Crippen LogP contribution in [0.4, 0.5) is 5.82 Å². The van der Waals surface area contributed by atoms with Gasteiger partial charge in [-0.2, -0.15) is 10.2 Å². The average Bonchev–Trinajstić information content (AvgIpc) is 2.88. The molecule has 3 aromatic rings. The number of hydrogen-bond acceptors (Lipinski definition) is 5. The average molecular weight is 201 g/mol. The predicted molar refractivity (Wildman–Crippen MR) is 52.8 cm³/mol. The molecule has 3 N–H and O–H groups in total. The van der Waals surface area contributed by atoms with Crippen molar-refractivity contribution in [2.45, 2.75) is 0 Å². The molecule has 0 amide bonds. The van der Waals surface area contributed by atoms with Gasteiger partial charge in [0, 0.05) is 11.8 Å². The molecule has 15 heavy (non-hydrogen) atoms. The first-order valence-corrected chi connectivity index (χ1v) is 4.29.